The van der Waals surface area contributed by atoms with Crippen molar-refractivity contribution < 1.29 is 5.21 Å². The zero-order chi connectivity index (χ0) is 17.7. The van der Waals surface area contributed by atoms with E-state index in [2.05, 4.69) is 65.5 Å². The monoisotopic (exact) mass is 340 g/mol. The molecule has 0 spiro atoms. The first-order chi connectivity index (χ1) is 10.8. The number of anilines is 2. The summed E-state index contributed by atoms with van der Waals surface area (Å²) in [5.41, 5.74) is 2.10. The lowest BCUT2D eigenvalue weighted by molar-refractivity contribution is 0.213. The first kappa shape index (κ1) is 20.2. The normalized spacial score (nSPS) is 13.0. The van der Waals surface area contributed by atoms with Crippen LogP contribution >= 0.6 is 10.0 Å². The Morgan fingerprint density at radius 3 is 1.57 bits per heavy atom. The quantitative estimate of drug-likeness (QED) is 0.616. The minimum absolute atomic E-state index is 0.234. The standard InChI is InChI=1S/C19H36N2OS/c1-8-20(9-2)17-13-15-18(16-14-17)21(22)19(6,7)23(10-3,11-4)12-5/h13-16,22H,8-12H2,1-7H3. The minimum Gasteiger partial charge on any atom is -0.372 e. The first-order valence-corrected chi connectivity index (χ1v) is 11.1. The van der Waals surface area contributed by atoms with Gasteiger partial charge in [-0.15, -0.1) is 0 Å². The Morgan fingerprint density at radius 1 is 0.826 bits per heavy atom. The van der Waals surface area contributed by atoms with Crippen molar-refractivity contribution in [3.8, 4) is 0 Å². The molecule has 0 saturated heterocycles. The number of nitrogens with zero attached hydrogens (tertiary/aromatic N) is 2. The summed E-state index contributed by atoms with van der Waals surface area (Å²) in [6, 6.07) is 8.31. The van der Waals surface area contributed by atoms with Gasteiger partial charge in [-0.3, -0.25) is 5.21 Å². The van der Waals surface area contributed by atoms with Gasteiger partial charge in [0.25, 0.3) is 0 Å². The lowest BCUT2D eigenvalue weighted by Crippen LogP contribution is -2.48. The van der Waals surface area contributed by atoms with E-state index in [0.29, 0.717) is 0 Å². The lowest BCUT2D eigenvalue weighted by Gasteiger charge is -2.54. The van der Waals surface area contributed by atoms with Gasteiger partial charge in [0, 0.05) is 18.8 Å². The first-order valence-electron chi connectivity index (χ1n) is 8.93. The average Bonchev–Trinajstić information content (AvgIpc) is 2.58. The predicted octanol–water partition coefficient (Wildman–Crippen LogP) is 5.33. The van der Waals surface area contributed by atoms with Gasteiger partial charge in [-0.05, 0) is 69.2 Å². The van der Waals surface area contributed by atoms with Gasteiger partial charge in [0.1, 0.15) is 0 Å². The molecule has 4 heteroatoms. The van der Waals surface area contributed by atoms with Crippen LogP contribution < -0.4 is 9.96 Å². The van der Waals surface area contributed by atoms with Crippen LogP contribution in [0.25, 0.3) is 0 Å². The third kappa shape index (κ3) is 3.80. The summed E-state index contributed by atoms with van der Waals surface area (Å²) in [6.45, 7) is 17.5. The van der Waals surface area contributed by atoms with E-state index in [0.717, 1.165) is 36.0 Å². The van der Waals surface area contributed by atoms with E-state index in [-0.39, 0.29) is 4.87 Å². The van der Waals surface area contributed by atoms with Gasteiger partial charge in [0.05, 0.1) is 10.6 Å². The van der Waals surface area contributed by atoms with E-state index in [1.54, 1.807) is 0 Å². The molecule has 0 atom stereocenters. The molecular formula is C19H36N2OS. The maximum Gasteiger partial charge on any atom is 0.0916 e. The van der Waals surface area contributed by atoms with E-state index in [1.807, 2.05) is 12.1 Å². The fraction of sp³-hybridized carbons (Fsp3) is 0.684. The van der Waals surface area contributed by atoms with Crippen LogP contribution in [0.15, 0.2) is 24.3 Å². The van der Waals surface area contributed by atoms with E-state index >= 15 is 0 Å². The van der Waals surface area contributed by atoms with Crippen LogP contribution in [0.1, 0.15) is 48.5 Å². The molecule has 1 rings (SSSR count). The summed E-state index contributed by atoms with van der Waals surface area (Å²) < 4.78 is 0. The highest BCUT2D eigenvalue weighted by molar-refractivity contribution is 8.34. The maximum atomic E-state index is 11.0. The second-order valence-electron chi connectivity index (χ2n) is 6.36. The second-order valence-corrected chi connectivity index (χ2v) is 11.2. The summed E-state index contributed by atoms with van der Waals surface area (Å²) in [5, 5.41) is 12.5. The molecule has 0 aliphatic carbocycles. The van der Waals surface area contributed by atoms with Crippen LogP contribution in [-0.4, -0.2) is 40.4 Å². The van der Waals surface area contributed by atoms with Crippen LogP contribution in [0.2, 0.25) is 0 Å². The van der Waals surface area contributed by atoms with Crippen molar-refractivity contribution in [3.05, 3.63) is 24.3 Å². The third-order valence-corrected chi connectivity index (χ3v) is 11.1. The van der Waals surface area contributed by atoms with E-state index in [1.165, 1.54) is 10.8 Å². The summed E-state index contributed by atoms with van der Waals surface area (Å²) >= 11 is 0. The molecule has 0 aliphatic heterocycles. The predicted molar refractivity (Wildman–Crippen MR) is 108 cm³/mol. The molecule has 1 N–H and O–H groups in total. The molecule has 0 fully saturated rings. The SMILES string of the molecule is CCN(CC)c1ccc(N(O)C(C)(C)S(CC)(CC)CC)cc1. The number of hydrogen-bond donors (Lipinski definition) is 1. The van der Waals surface area contributed by atoms with Crippen molar-refractivity contribution in [1.29, 1.82) is 0 Å². The van der Waals surface area contributed by atoms with Gasteiger partial charge in [-0.25, -0.2) is 15.1 Å². The Bertz CT molecular complexity index is 456. The Hall–Kier alpha value is -0.870. The Labute approximate surface area is 145 Å². The molecule has 0 amide bonds. The Morgan fingerprint density at radius 2 is 1.22 bits per heavy atom. The Kier molecular flexibility index (Phi) is 7.28. The van der Waals surface area contributed by atoms with Crippen molar-refractivity contribution >= 4 is 21.4 Å². The van der Waals surface area contributed by atoms with E-state index in [4.69, 9.17) is 0 Å². The van der Waals surface area contributed by atoms with Crippen LogP contribution in [0.3, 0.4) is 0 Å². The maximum absolute atomic E-state index is 11.0. The molecule has 0 bridgehead atoms. The second kappa shape index (κ2) is 8.29. The smallest absolute Gasteiger partial charge is 0.0916 e. The molecule has 23 heavy (non-hydrogen) atoms. The fourth-order valence-corrected chi connectivity index (χ4v) is 7.38. The molecule has 3 nitrogen and oxygen atoms in total. The molecular weight excluding hydrogens is 304 g/mol. The largest absolute Gasteiger partial charge is 0.372 e. The molecule has 134 valence electrons. The van der Waals surface area contributed by atoms with Crippen LogP contribution in [0.5, 0.6) is 0 Å². The molecule has 0 saturated carbocycles. The van der Waals surface area contributed by atoms with Crippen molar-refractivity contribution in [2.45, 2.75) is 53.3 Å². The van der Waals surface area contributed by atoms with Gasteiger partial charge in [0.15, 0.2) is 0 Å². The molecule has 1 aromatic carbocycles. The highest BCUT2D eigenvalue weighted by Gasteiger charge is 2.41. The van der Waals surface area contributed by atoms with E-state index in [9.17, 15) is 5.21 Å². The van der Waals surface area contributed by atoms with Crippen molar-refractivity contribution in [2.75, 3.05) is 40.3 Å². The van der Waals surface area contributed by atoms with Crippen LogP contribution in [-0.2, 0) is 0 Å². The Balaban J connectivity index is 3.10. The van der Waals surface area contributed by atoms with Crippen LogP contribution in [0, 0.1) is 0 Å². The highest BCUT2D eigenvalue weighted by Crippen LogP contribution is 2.59. The summed E-state index contributed by atoms with van der Waals surface area (Å²) in [7, 11) is -0.906. The molecule has 0 aromatic heterocycles. The zero-order valence-corrected chi connectivity index (χ0v) is 16.9. The summed E-state index contributed by atoms with van der Waals surface area (Å²) in [5.74, 6) is 3.42. The third-order valence-electron chi connectivity index (χ3n) is 5.45. The zero-order valence-electron chi connectivity index (χ0n) is 16.1. The molecule has 0 heterocycles. The fourth-order valence-electron chi connectivity index (χ4n) is 3.56. The summed E-state index contributed by atoms with van der Waals surface area (Å²) in [6.07, 6.45) is 0. The van der Waals surface area contributed by atoms with Crippen molar-refractivity contribution in [3.63, 3.8) is 0 Å². The van der Waals surface area contributed by atoms with Gasteiger partial charge < -0.3 is 4.90 Å². The van der Waals surface area contributed by atoms with Crippen molar-refractivity contribution in [2.24, 2.45) is 0 Å². The topological polar surface area (TPSA) is 26.7 Å². The molecule has 0 unspecified atom stereocenters. The van der Waals surface area contributed by atoms with Gasteiger partial charge in [-0.1, -0.05) is 20.8 Å². The molecule has 0 aliphatic rings. The highest BCUT2D eigenvalue weighted by atomic mass is 32.3. The molecule has 0 radical (unpaired) electrons. The summed E-state index contributed by atoms with van der Waals surface area (Å²) in [4.78, 5) is 2.08. The number of hydrogen-bond acceptors (Lipinski definition) is 3. The van der Waals surface area contributed by atoms with Gasteiger partial charge in [0.2, 0.25) is 0 Å². The average molecular weight is 341 g/mol. The van der Waals surface area contributed by atoms with Gasteiger partial charge >= 0.3 is 0 Å². The number of rotatable bonds is 9. The van der Waals surface area contributed by atoms with E-state index < -0.39 is 10.0 Å². The molecule has 1 aromatic rings. The minimum atomic E-state index is -0.906. The van der Waals surface area contributed by atoms with Crippen molar-refractivity contribution in [1.82, 2.24) is 0 Å². The van der Waals surface area contributed by atoms with Gasteiger partial charge in [-0.2, -0.15) is 0 Å². The van der Waals surface area contributed by atoms with Crippen LogP contribution in [0.4, 0.5) is 11.4 Å². The number of hydroxylamine groups is 1. The number of benzene rings is 1. The lowest BCUT2D eigenvalue weighted by atomic mass is 10.2.